The Balaban J connectivity index is 2.65. The first-order valence-corrected chi connectivity index (χ1v) is 6.32. The van der Waals surface area contributed by atoms with E-state index in [4.69, 9.17) is 0 Å². The second-order valence-electron chi connectivity index (χ2n) is 3.13. The second-order valence-corrected chi connectivity index (χ2v) is 4.94. The van der Waals surface area contributed by atoms with Crippen molar-refractivity contribution in [2.24, 2.45) is 0 Å². The first-order chi connectivity index (χ1) is 7.55. The molecule has 4 nitrogen and oxygen atoms in total. The minimum atomic E-state index is -3.73. The molecule has 0 atom stereocenters. The van der Waals surface area contributed by atoms with Gasteiger partial charge in [-0.2, -0.15) is 0 Å². The van der Waals surface area contributed by atoms with Gasteiger partial charge in [0.15, 0.2) is 5.78 Å². The smallest absolute Gasteiger partial charge is 0.219 e. The van der Waals surface area contributed by atoms with Crippen LogP contribution in [0.4, 0.5) is 4.39 Å². The SMILES string of the molecule is O=C(CS(=O)(=O)NCCF)c1ccccc1. The van der Waals surface area contributed by atoms with Crippen LogP contribution in [0.25, 0.3) is 0 Å². The van der Waals surface area contributed by atoms with Crippen LogP contribution < -0.4 is 4.72 Å². The predicted molar refractivity (Wildman–Crippen MR) is 58.5 cm³/mol. The topological polar surface area (TPSA) is 63.2 Å². The van der Waals surface area contributed by atoms with Gasteiger partial charge in [-0.25, -0.2) is 17.5 Å². The zero-order valence-corrected chi connectivity index (χ0v) is 9.34. The zero-order valence-electron chi connectivity index (χ0n) is 8.52. The lowest BCUT2D eigenvalue weighted by Crippen LogP contribution is -2.31. The van der Waals surface area contributed by atoms with Crippen molar-refractivity contribution in [2.45, 2.75) is 0 Å². The highest BCUT2D eigenvalue weighted by Crippen LogP contribution is 2.01. The lowest BCUT2D eigenvalue weighted by Gasteiger charge is -2.03. The van der Waals surface area contributed by atoms with Crippen molar-refractivity contribution in [3.63, 3.8) is 0 Å². The molecule has 0 heterocycles. The van der Waals surface area contributed by atoms with Crippen LogP contribution in [-0.4, -0.2) is 33.2 Å². The summed E-state index contributed by atoms with van der Waals surface area (Å²) in [5, 5.41) is 0. The number of nitrogens with one attached hydrogen (secondary N) is 1. The Morgan fingerprint density at radius 2 is 1.88 bits per heavy atom. The average molecular weight is 245 g/mol. The van der Waals surface area contributed by atoms with Crippen LogP contribution in [0.1, 0.15) is 10.4 Å². The van der Waals surface area contributed by atoms with Gasteiger partial charge in [-0.05, 0) is 0 Å². The fourth-order valence-corrected chi connectivity index (χ4v) is 2.13. The molecular formula is C10H12FNO3S. The predicted octanol–water partition coefficient (Wildman–Crippen LogP) is 0.758. The summed E-state index contributed by atoms with van der Waals surface area (Å²) in [7, 11) is -3.73. The van der Waals surface area contributed by atoms with Crippen molar-refractivity contribution < 1.29 is 17.6 Å². The number of carbonyl (C=O) groups excluding carboxylic acids is 1. The van der Waals surface area contributed by atoms with Crippen molar-refractivity contribution in [3.05, 3.63) is 35.9 Å². The molecule has 1 rings (SSSR count). The van der Waals surface area contributed by atoms with E-state index in [2.05, 4.69) is 0 Å². The Morgan fingerprint density at radius 3 is 2.44 bits per heavy atom. The molecule has 1 N–H and O–H groups in total. The summed E-state index contributed by atoms with van der Waals surface area (Å²) in [5.74, 6) is -1.16. The summed E-state index contributed by atoms with van der Waals surface area (Å²) in [5.41, 5.74) is 0.327. The lowest BCUT2D eigenvalue weighted by molar-refractivity contribution is 0.102. The Morgan fingerprint density at radius 1 is 1.25 bits per heavy atom. The third-order valence-electron chi connectivity index (χ3n) is 1.83. The molecule has 0 fully saturated rings. The molecule has 0 unspecified atom stereocenters. The van der Waals surface area contributed by atoms with Gasteiger partial charge in [0, 0.05) is 12.1 Å². The van der Waals surface area contributed by atoms with Crippen molar-refractivity contribution in [3.8, 4) is 0 Å². The molecule has 0 amide bonds. The molecule has 0 radical (unpaired) electrons. The largest absolute Gasteiger partial charge is 0.293 e. The molecule has 1 aromatic carbocycles. The number of alkyl halides is 1. The van der Waals surface area contributed by atoms with E-state index in [1.165, 1.54) is 12.1 Å². The third kappa shape index (κ3) is 4.08. The number of hydrogen-bond acceptors (Lipinski definition) is 3. The first-order valence-electron chi connectivity index (χ1n) is 4.67. The Labute approximate surface area is 93.5 Å². The number of benzene rings is 1. The fraction of sp³-hybridized carbons (Fsp3) is 0.300. The molecule has 88 valence electrons. The van der Waals surface area contributed by atoms with Gasteiger partial charge in [-0.3, -0.25) is 4.79 Å². The summed E-state index contributed by atoms with van der Waals surface area (Å²) in [4.78, 5) is 11.5. The van der Waals surface area contributed by atoms with Crippen LogP contribution in [0, 0.1) is 0 Å². The van der Waals surface area contributed by atoms with Crippen LogP contribution in [-0.2, 0) is 10.0 Å². The Bertz CT molecular complexity index is 444. The van der Waals surface area contributed by atoms with E-state index >= 15 is 0 Å². The Kier molecular flexibility index (Phi) is 4.57. The van der Waals surface area contributed by atoms with Gasteiger partial charge in [-0.15, -0.1) is 0 Å². The van der Waals surface area contributed by atoms with Gasteiger partial charge in [0.1, 0.15) is 12.4 Å². The third-order valence-corrected chi connectivity index (χ3v) is 3.12. The van der Waals surface area contributed by atoms with E-state index in [0.717, 1.165) is 0 Å². The van der Waals surface area contributed by atoms with E-state index < -0.39 is 28.2 Å². The highest BCUT2D eigenvalue weighted by atomic mass is 32.2. The normalized spacial score (nSPS) is 11.3. The van der Waals surface area contributed by atoms with Gasteiger partial charge in [-0.1, -0.05) is 30.3 Å². The lowest BCUT2D eigenvalue weighted by atomic mass is 10.2. The number of rotatable bonds is 6. The summed E-state index contributed by atoms with van der Waals surface area (Å²) >= 11 is 0. The fourth-order valence-electron chi connectivity index (χ4n) is 1.13. The maximum atomic E-state index is 11.8. The van der Waals surface area contributed by atoms with Crippen LogP contribution >= 0.6 is 0 Å². The maximum absolute atomic E-state index is 11.8. The monoisotopic (exact) mass is 245 g/mol. The number of halogens is 1. The standard InChI is InChI=1S/C10H12FNO3S/c11-6-7-12-16(14,15)8-10(13)9-4-2-1-3-5-9/h1-5,12H,6-8H2. The van der Waals surface area contributed by atoms with Crippen molar-refractivity contribution in [1.29, 1.82) is 0 Å². The number of hydrogen-bond donors (Lipinski definition) is 1. The van der Waals surface area contributed by atoms with Crippen LogP contribution in [0.3, 0.4) is 0 Å². The minimum absolute atomic E-state index is 0.301. The van der Waals surface area contributed by atoms with Crippen LogP contribution in [0.15, 0.2) is 30.3 Å². The molecule has 6 heteroatoms. The second kappa shape index (κ2) is 5.72. The molecule has 0 saturated carbocycles. The average Bonchev–Trinajstić information content (AvgIpc) is 2.27. The molecule has 0 aliphatic carbocycles. The molecule has 0 aliphatic rings. The summed E-state index contributed by atoms with van der Waals surface area (Å²) < 4.78 is 36.3. The zero-order chi connectivity index (χ0) is 12.0. The van der Waals surface area contributed by atoms with Crippen LogP contribution in [0.2, 0.25) is 0 Å². The summed E-state index contributed by atoms with van der Waals surface area (Å²) in [6.07, 6.45) is 0. The number of Topliss-reactive ketones (excluding diaryl/α,β-unsaturated/α-hetero) is 1. The quantitative estimate of drug-likeness (QED) is 0.752. The molecule has 0 spiro atoms. The van der Waals surface area contributed by atoms with Gasteiger partial charge in [0.2, 0.25) is 10.0 Å². The highest BCUT2D eigenvalue weighted by molar-refractivity contribution is 7.90. The van der Waals surface area contributed by atoms with Crippen molar-refractivity contribution in [1.82, 2.24) is 4.72 Å². The van der Waals surface area contributed by atoms with Crippen molar-refractivity contribution in [2.75, 3.05) is 19.0 Å². The molecule has 16 heavy (non-hydrogen) atoms. The molecule has 0 aliphatic heterocycles. The van der Waals surface area contributed by atoms with Crippen LogP contribution in [0.5, 0.6) is 0 Å². The summed E-state index contributed by atoms with van der Waals surface area (Å²) in [6.45, 7) is -1.09. The van der Waals surface area contributed by atoms with Gasteiger partial charge in [0.25, 0.3) is 0 Å². The van der Waals surface area contributed by atoms with E-state index in [1.807, 2.05) is 4.72 Å². The number of sulfonamides is 1. The van der Waals surface area contributed by atoms with E-state index in [0.29, 0.717) is 5.56 Å². The first kappa shape index (κ1) is 12.8. The molecule has 1 aromatic rings. The van der Waals surface area contributed by atoms with E-state index in [1.54, 1.807) is 18.2 Å². The van der Waals surface area contributed by atoms with E-state index in [9.17, 15) is 17.6 Å². The number of ketones is 1. The maximum Gasteiger partial charge on any atom is 0.219 e. The van der Waals surface area contributed by atoms with Gasteiger partial charge < -0.3 is 0 Å². The van der Waals surface area contributed by atoms with E-state index in [-0.39, 0.29) is 6.54 Å². The van der Waals surface area contributed by atoms with Crippen molar-refractivity contribution >= 4 is 15.8 Å². The molecule has 0 aromatic heterocycles. The van der Waals surface area contributed by atoms with Gasteiger partial charge in [0.05, 0.1) is 0 Å². The highest BCUT2D eigenvalue weighted by Gasteiger charge is 2.16. The molecular weight excluding hydrogens is 233 g/mol. The van der Waals surface area contributed by atoms with Gasteiger partial charge >= 0.3 is 0 Å². The summed E-state index contributed by atoms with van der Waals surface area (Å²) in [6, 6.07) is 8.09. The minimum Gasteiger partial charge on any atom is -0.293 e. The molecule has 0 bridgehead atoms. The Hall–Kier alpha value is -1.27. The number of carbonyl (C=O) groups is 1. The molecule has 0 saturated heterocycles.